The predicted octanol–water partition coefficient (Wildman–Crippen LogP) is 5.62. The van der Waals surface area contributed by atoms with Crippen LogP contribution in [0.1, 0.15) is 44.5 Å². The maximum atomic E-state index is 5.88. The van der Waals surface area contributed by atoms with Crippen LogP contribution in [-0.4, -0.2) is 41.9 Å². The lowest BCUT2D eigenvalue weighted by molar-refractivity contribution is 0.166. The van der Waals surface area contributed by atoms with Crippen LogP contribution < -0.4 is 0 Å². The summed E-state index contributed by atoms with van der Waals surface area (Å²) in [7, 11) is 0. The third-order valence-electron chi connectivity index (χ3n) is 5.65. The van der Waals surface area contributed by atoms with Crippen LogP contribution >= 0.6 is 11.6 Å². The van der Waals surface area contributed by atoms with Crippen LogP contribution in [0.5, 0.6) is 0 Å². The van der Waals surface area contributed by atoms with E-state index in [1.807, 2.05) is 35.9 Å². The average Bonchev–Trinajstić information content (AvgIpc) is 3.41. The first kappa shape index (κ1) is 23.1. The summed E-state index contributed by atoms with van der Waals surface area (Å²) in [5.74, 6) is 0.950. The zero-order valence-electron chi connectivity index (χ0n) is 19.7. The largest absolute Gasteiger partial charge is 0.332 e. The molecule has 1 aromatic carbocycles. The molecule has 0 radical (unpaired) electrons. The van der Waals surface area contributed by atoms with Crippen LogP contribution in [0.25, 0.3) is 23.0 Å². The Morgan fingerprint density at radius 1 is 1.00 bits per heavy atom. The molecule has 0 saturated heterocycles. The number of benzene rings is 1. The van der Waals surface area contributed by atoms with Crippen LogP contribution in [0.3, 0.4) is 0 Å². The maximum Gasteiger partial charge on any atom is 0.278 e. The lowest BCUT2D eigenvalue weighted by Gasteiger charge is -2.30. The second-order valence-electron chi connectivity index (χ2n) is 8.80. The predicted molar refractivity (Wildman–Crippen MR) is 130 cm³/mol. The second-order valence-corrected chi connectivity index (χ2v) is 9.18. The van der Waals surface area contributed by atoms with Crippen molar-refractivity contribution in [2.45, 2.75) is 59.8 Å². The van der Waals surface area contributed by atoms with E-state index in [4.69, 9.17) is 16.1 Å². The topological polar surface area (TPSA) is 72.9 Å². The molecule has 0 aliphatic rings. The minimum absolute atomic E-state index is 0.399. The van der Waals surface area contributed by atoms with Crippen molar-refractivity contribution in [3.8, 4) is 23.0 Å². The molecule has 0 unspecified atom stereocenters. The SMILES string of the molecule is Cc1cc(-c2nc(-c3ccc(CN(C(C)C)C(C)C)cc3)no2)nn1Cc1ccc(Cl)nc1. The number of nitrogens with zero attached hydrogens (tertiary/aromatic N) is 6. The number of pyridine rings is 1. The minimum Gasteiger partial charge on any atom is -0.332 e. The first-order valence-corrected chi connectivity index (χ1v) is 11.5. The van der Waals surface area contributed by atoms with E-state index in [2.05, 4.69) is 65.0 Å². The Morgan fingerprint density at radius 2 is 1.70 bits per heavy atom. The summed E-state index contributed by atoms with van der Waals surface area (Å²) in [4.78, 5) is 11.2. The maximum absolute atomic E-state index is 5.88. The zero-order chi connectivity index (χ0) is 23.5. The van der Waals surface area contributed by atoms with Crippen molar-refractivity contribution in [1.82, 2.24) is 29.8 Å². The van der Waals surface area contributed by atoms with Gasteiger partial charge >= 0.3 is 0 Å². The van der Waals surface area contributed by atoms with Gasteiger partial charge in [-0.2, -0.15) is 10.1 Å². The van der Waals surface area contributed by atoms with Gasteiger partial charge in [0.15, 0.2) is 5.69 Å². The van der Waals surface area contributed by atoms with Crippen molar-refractivity contribution in [3.63, 3.8) is 0 Å². The fraction of sp³-hybridized carbons (Fsp3) is 0.360. The molecular weight excluding hydrogens is 436 g/mol. The van der Waals surface area contributed by atoms with E-state index in [1.54, 1.807) is 12.3 Å². The van der Waals surface area contributed by atoms with Crippen molar-refractivity contribution in [2.24, 2.45) is 0 Å². The Hall–Kier alpha value is -3.03. The fourth-order valence-electron chi connectivity index (χ4n) is 3.82. The van der Waals surface area contributed by atoms with E-state index in [1.165, 1.54) is 5.56 Å². The number of halogens is 1. The van der Waals surface area contributed by atoms with Crippen molar-refractivity contribution < 1.29 is 4.52 Å². The van der Waals surface area contributed by atoms with Crippen LogP contribution in [0.15, 0.2) is 53.2 Å². The monoisotopic (exact) mass is 464 g/mol. The highest BCUT2D eigenvalue weighted by atomic mass is 35.5. The van der Waals surface area contributed by atoms with E-state index < -0.39 is 0 Å². The van der Waals surface area contributed by atoms with E-state index in [0.717, 1.165) is 23.4 Å². The van der Waals surface area contributed by atoms with Gasteiger partial charge in [0.1, 0.15) is 5.15 Å². The molecule has 0 amide bonds. The van der Waals surface area contributed by atoms with Gasteiger partial charge in [0.25, 0.3) is 5.89 Å². The smallest absolute Gasteiger partial charge is 0.278 e. The van der Waals surface area contributed by atoms with Crippen LogP contribution in [0, 0.1) is 6.92 Å². The molecule has 33 heavy (non-hydrogen) atoms. The standard InChI is InChI=1S/C25H29ClN6O/c1-16(2)31(17(3)4)14-19-6-9-21(10-7-19)24-28-25(33-30-24)22-12-18(5)32(29-22)15-20-8-11-23(26)27-13-20/h6-13,16-17H,14-15H2,1-5H3. The van der Waals surface area contributed by atoms with Crippen molar-refractivity contribution in [3.05, 3.63) is 70.6 Å². The van der Waals surface area contributed by atoms with Gasteiger partial charge in [-0.15, -0.1) is 0 Å². The number of hydrogen-bond donors (Lipinski definition) is 0. The second kappa shape index (κ2) is 9.85. The lowest BCUT2D eigenvalue weighted by Crippen LogP contribution is -2.36. The molecule has 0 saturated carbocycles. The quantitative estimate of drug-likeness (QED) is 0.315. The summed E-state index contributed by atoms with van der Waals surface area (Å²) in [6, 6.07) is 15.0. The van der Waals surface area contributed by atoms with Gasteiger partial charge < -0.3 is 4.52 Å². The Labute approximate surface area is 199 Å². The summed E-state index contributed by atoms with van der Waals surface area (Å²) in [6.07, 6.45) is 1.75. The molecule has 4 aromatic rings. The molecular formula is C25H29ClN6O. The molecule has 172 valence electrons. The number of aryl methyl sites for hydroxylation is 1. The van der Waals surface area contributed by atoms with Gasteiger partial charge in [0, 0.05) is 36.1 Å². The third-order valence-corrected chi connectivity index (χ3v) is 5.87. The summed E-state index contributed by atoms with van der Waals surface area (Å²) >= 11 is 5.88. The summed E-state index contributed by atoms with van der Waals surface area (Å²) in [5.41, 5.74) is 4.82. The Balaban J connectivity index is 1.48. The van der Waals surface area contributed by atoms with Gasteiger partial charge in [-0.05, 0) is 57.9 Å². The fourth-order valence-corrected chi connectivity index (χ4v) is 3.94. The highest BCUT2D eigenvalue weighted by molar-refractivity contribution is 6.29. The molecule has 7 nitrogen and oxygen atoms in total. The van der Waals surface area contributed by atoms with Crippen molar-refractivity contribution >= 4 is 11.6 Å². The lowest BCUT2D eigenvalue weighted by atomic mass is 10.1. The van der Waals surface area contributed by atoms with Gasteiger partial charge in [0.05, 0.1) is 6.54 Å². The molecule has 3 aromatic heterocycles. The Morgan fingerprint density at radius 3 is 2.33 bits per heavy atom. The molecule has 0 fully saturated rings. The van der Waals surface area contributed by atoms with Gasteiger partial charge in [-0.1, -0.05) is 47.1 Å². The minimum atomic E-state index is 0.399. The van der Waals surface area contributed by atoms with Gasteiger partial charge in [0.2, 0.25) is 5.82 Å². The molecule has 0 atom stereocenters. The summed E-state index contributed by atoms with van der Waals surface area (Å²) < 4.78 is 7.41. The molecule has 8 heteroatoms. The van der Waals surface area contributed by atoms with Crippen LogP contribution in [-0.2, 0) is 13.1 Å². The first-order valence-electron chi connectivity index (χ1n) is 11.1. The number of hydrogen-bond acceptors (Lipinski definition) is 6. The number of aromatic nitrogens is 5. The Bertz CT molecular complexity index is 1190. The summed E-state index contributed by atoms with van der Waals surface area (Å²) in [6.45, 7) is 12.4. The van der Waals surface area contributed by atoms with E-state index in [-0.39, 0.29) is 0 Å². The first-order chi connectivity index (χ1) is 15.8. The highest BCUT2D eigenvalue weighted by Gasteiger charge is 2.17. The van der Waals surface area contributed by atoms with E-state index >= 15 is 0 Å². The molecule has 3 heterocycles. The van der Waals surface area contributed by atoms with E-state index in [0.29, 0.717) is 41.2 Å². The molecule has 4 rings (SSSR count). The van der Waals surface area contributed by atoms with Crippen molar-refractivity contribution in [2.75, 3.05) is 0 Å². The Kier molecular flexibility index (Phi) is 6.91. The molecule has 0 bridgehead atoms. The van der Waals surface area contributed by atoms with E-state index in [9.17, 15) is 0 Å². The molecule has 0 spiro atoms. The number of rotatable bonds is 8. The zero-order valence-corrected chi connectivity index (χ0v) is 20.4. The normalized spacial score (nSPS) is 11.8. The van der Waals surface area contributed by atoms with Crippen LogP contribution in [0.2, 0.25) is 5.15 Å². The molecule has 0 aliphatic heterocycles. The van der Waals surface area contributed by atoms with Crippen molar-refractivity contribution in [1.29, 1.82) is 0 Å². The summed E-state index contributed by atoms with van der Waals surface area (Å²) in [5, 5.41) is 9.28. The van der Waals surface area contributed by atoms with Gasteiger partial charge in [-0.3, -0.25) is 9.58 Å². The average molecular weight is 465 g/mol. The molecule has 0 N–H and O–H groups in total. The third kappa shape index (κ3) is 5.49. The van der Waals surface area contributed by atoms with Crippen LogP contribution in [0.4, 0.5) is 0 Å². The van der Waals surface area contributed by atoms with Gasteiger partial charge in [-0.25, -0.2) is 4.98 Å². The molecule has 0 aliphatic carbocycles. The highest BCUT2D eigenvalue weighted by Crippen LogP contribution is 2.23.